The lowest BCUT2D eigenvalue weighted by Crippen LogP contribution is -2.51. The highest BCUT2D eigenvalue weighted by Crippen LogP contribution is 2.33. The largest absolute Gasteiger partial charge is 0.375 e. The van der Waals surface area contributed by atoms with Crippen molar-refractivity contribution in [3.63, 3.8) is 0 Å². The van der Waals surface area contributed by atoms with Gasteiger partial charge in [-0.2, -0.15) is 0 Å². The van der Waals surface area contributed by atoms with Crippen molar-refractivity contribution in [1.29, 1.82) is 0 Å². The van der Waals surface area contributed by atoms with Gasteiger partial charge in [-0.05, 0) is 26.9 Å². The Morgan fingerprint density at radius 2 is 2.00 bits per heavy atom. The van der Waals surface area contributed by atoms with Gasteiger partial charge in [0.1, 0.15) is 0 Å². The van der Waals surface area contributed by atoms with Crippen LogP contribution in [0.2, 0.25) is 0 Å². The molecule has 7 heteroatoms. The molecule has 1 heterocycles. The van der Waals surface area contributed by atoms with Gasteiger partial charge in [-0.15, -0.1) is 24.8 Å². The van der Waals surface area contributed by atoms with Crippen molar-refractivity contribution in [2.24, 2.45) is 0 Å². The van der Waals surface area contributed by atoms with Gasteiger partial charge in [-0.25, -0.2) is 0 Å². The number of nitrogens with one attached hydrogen (secondary N) is 2. The molecular weight excluding hydrogens is 313 g/mol. The fourth-order valence-electron chi connectivity index (χ4n) is 3.11. The molecule has 2 N–H and O–H groups in total. The highest BCUT2D eigenvalue weighted by molar-refractivity contribution is 5.85. The first-order valence-electron chi connectivity index (χ1n) is 7.39. The fourth-order valence-corrected chi connectivity index (χ4v) is 3.11. The molecule has 1 saturated carbocycles. The summed E-state index contributed by atoms with van der Waals surface area (Å²) in [7, 11) is 4.23. The topological polar surface area (TPSA) is 53.6 Å². The molecule has 1 saturated heterocycles. The number of amides is 1. The molecule has 0 aromatic heterocycles. The second kappa shape index (κ2) is 9.85. The van der Waals surface area contributed by atoms with Gasteiger partial charge in [0.05, 0.1) is 19.1 Å². The SMILES string of the molecule is CN(C)C1(CNC(=O)CC2CNCCO2)CCCC1.Cl.Cl. The van der Waals surface area contributed by atoms with Crippen LogP contribution in [0.25, 0.3) is 0 Å². The van der Waals surface area contributed by atoms with Crippen molar-refractivity contribution < 1.29 is 9.53 Å². The summed E-state index contributed by atoms with van der Waals surface area (Å²) < 4.78 is 5.56. The molecule has 1 atom stereocenters. The van der Waals surface area contributed by atoms with Crippen LogP contribution in [0.3, 0.4) is 0 Å². The van der Waals surface area contributed by atoms with Crippen LogP contribution < -0.4 is 10.6 Å². The Labute approximate surface area is 140 Å². The lowest BCUT2D eigenvalue weighted by Gasteiger charge is -2.36. The first-order chi connectivity index (χ1) is 9.12. The maximum absolute atomic E-state index is 12.0. The first-order valence-corrected chi connectivity index (χ1v) is 7.39. The van der Waals surface area contributed by atoms with E-state index >= 15 is 0 Å². The molecule has 2 rings (SSSR count). The first kappa shape index (κ1) is 20.9. The molecule has 1 unspecified atom stereocenters. The molecule has 0 spiro atoms. The van der Waals surface area contributed by atoms with Crippen LogP contribution in [0.5, 0.6) is 0 Å². The Morgan fingerprint density at radius 1 is 1.33 bits per heavy atom. The van der Waals surface area contributed by atoms with Crippen molar-refractivity contribution in [2.75, 3.05) is 40.3 Å². The minimum Gasteiger partial charge on any atom is -0.375 e. The zero-order valence-electron chi connectivity index (χ0n) is 13.0. The molecule has 0 aromatic rings. The average Bonchev–Trinajstić information content (AvgIpc) is 2.88. The molecule has 0 radical (unpaired) electrons. The summed E-state index contributed by atoms with van der Waals surface area (Å²) in [6, 6.07) is 0. The number of carbonyl (C=O) groups excluding carboxylic acids is 1. The zero-order valence-corrected chi connectivity index (χ0v) is 14.7. The normalized spacial score (nSPS) is 24.0. The lowest BCUT2D eigenvalue weighted by molar-refractivity contribution is -0.125. The quantitative estimate of drug-likeness (QED) is 0.788. The maximum Gasteiger partial charge on any atom is 0.222 e. The predicted octanol–water partition coefficient (Wildman–Crippen LogP) is 1.20. The van der Waals surface area contributed by atoms with E-state index in [0.29, 0.717) is 13.0 Å². The van der Waals surface area contributed by atoms with E-state index in [1.165, 1.54) is 25.7 Å². The van der Waals surface area contributed by atoms with Gasteiger partial charge in [0.25, 0.3) is 0 Å². The third kappa shape index (κ3) is 5.91. The van der Waals surface area contributed by atoms with Crippen LogP contribution in [-0.4, -0.2) is 62.8 Å². The van der Waals surface area contributed by atoms with Gasteiger partial charge >= 0.3 is 0 Å². The van der Waals surface area contributed by atoms with Crippen LogP contribution in [0, 0.1) is 0 Å². The number of halogens is 2. The predicted molar refractivity (Wildman–Crippen MR) is 89.6 cm³/mol. The zero-order chi connectivity index (χ0) is 13.7. The summed E-state index contributed by atoms with van der Waals surface area (Å²) in [4.78, 5) is 14.3. The number of hydrogen-bond acceptors (Lipinski definition) is 4. The summed E-state index contributed by atoms with van der Waals surface area (Å²) in [5.41, 5.74) is 0.168. The maximum atomic E-state index is 12.0. The molecule has 126 valence electrons. The van der Waals surface area contributed by atoms with E-state index in [-0.39, 0.29) is 42.4 Å². The second-order valence-electron chi connectivity index (χ2n) is 6.00. The minimum atomic E-state index is 0. The number of ether oxygens (including phenoxy) is 1. The van der Waals surface area contributed by atoms with Gasteiger partial charge in [-0.1, -0.05) is 12.8 Å². The van der Waals surface area contributed by atoms with Crippen molar-refractivity contribution in [2.45, 2.75) is 43.7 Å². The Kier molecular flexibility index (Phi) is 9.81. The number of rotatable bonds is 5. The summed E-state index contributed by atoms with van der Waals surface area (Å²) in [6.45, 7) is 3.15. The molecular formula is C14H29Cl2N3O2. The highest BCUT2D eigenvalue weighted by Gasteiger charge is 2.36. The smallest absolute Gasteiger partial charge is 0.222 e. The summed E-state index contributed by atoms with van der Waals surface area (Å²) in [6.07, 6.45) is 5.40. The highest BCUT2D eigenvalue weighted by atomic mass is 35.5. The van der Waals surface area contributed by atoms with Gasteiger partial charge < -0.3 is 20.3 Å². The summed E-state index contributed by atoms with van der Waals surface area (Å²) in [5, 5.41) is 6.36. The van der Waals surface area contributed by atoms with E-state index in [1.807, 2.05) is 0 Å². The van der Waals surface area contributed by atoms with Crippen LogP contribution >= 0.6 is 24.8 Å². The average molecular weight is 342 g/mol. The van der Waals surface area contributed by atoms with Gasteiger partial charge in [0, 0.05) is 25.2 Å². The molecule has 21 heavy (non-hydrogen) atoms. The van der Waals surface area contributed by atoms with Gasteiger partial charge in [0.15, 0.2) is 0 Å². The summed E-state index contributed by atoms with van der Waals surface area (Å²) in [5.74, 6) is 0.113. The number of likely N-dealkylation sites (N-methyl/N-ethyl adjacent to an activating group) is 1. The molecule has 0 bridgehead atoms. The second-order valence-corrected chi connectivity index (χ2v) is 6.00. The monoisotopic (exact) mass is 341 g/mol. The number of morpholine rings is 1. The molecule has 1 aliphatic carbocycles. The molecule has 5 nitrogen and oxygen atoms in total. The Hall–Kier alpha value is -0.0700. The van der Waals surface area contributed by atoms with Crippen LogP contribution in [0.4, 0.5) is 0 Å². The molecule has 2 fully saturated rings. The molecule has 2 aliphatic rings. The van der Waals surface area contributed by atoms with Crippen molar-refractivity contribution in [3.05, 3.63) is 0 Å². The van der Waals surface area contributed by atoms with E-state index < -0.39 is 0 Å². The van der Waals surface area contributed by atoms with Crippen LogP contribution in [-0.2, 0) is 9.53 Å². The van der Waals surface area contributed by atoms with E-state index in [2.05, 4.69) is 29.6 Å². The lowest BCUT2D eigenvalue weighted by atomic mass is 9.96. The van der Waals surface area contributed by atoms with Crippen molar-refractivity contribution in [3.8, 4) is 0 Å². The third-order valence-electron chi connectivity index (χ3n) is 4.52. The third-order valence-corrected chi connectivity index (χ3v) is 4.52. The Bertz CT molecular complexity index is 305. The number of hydrogen-bond donors (Lipinski definition) is 2. The minimum absolute atomic E-state index is 0. The van der Waals surface area contributed by atoms with Crippen molar-refractivity contribution in [1.82, 2.24) is 15.5 Å². The van der Waals surface area contributed by atoms with Crippen molar-refractivity contribution >= 4 is 30.7 Å². The van der Waals surface area contributed by atoms with E-state index in [0.717, 1.165) is 19.6 Å². The number of nitrogens with zero attached hydrogens (tertiary/aromatic N) is 1. The van der Waals surface area contributed by atoms with E-state index in [1.54, 1.807) is 0 Å². The summed E-state index contributed by atoms with van der Waals surface area (Å²) >= 11 is 0. The Morgan fingerprint density at radius 3 is 2.52 bits per heavy atom. The van der Waals surface area contributed by atoms with Gasteiger partial charge in [0.2, 0.25) is 5.91 Å². The van der Waals surface area contributed by atoms with E-state index in [9.17, 15) is 4.79 Å². The number of carbonyl (C=O) groups is 1. The van der Waals surface area contributed by atoms with Crippen LogP contribution in [0.1, 0.15) is 32.1 Å². The van der Waals surface area contributed by atoms with Gasteiger partial charge in [-0.3, -0.25) is 4.79 Å². The fraction of sp³-hybridized carbons (Fsp3) is 0.929. The molecule has 1 aliphatic heterocycles. The molecule has 0 aromatic carbocycles. The Balaban J connectivity index is 0.00000200. The standard InChI is InChI=1S/C14H27N3O2.2ClH/c1-17(2)14(5-3-4-6-14)11-16-13(18)9-12-10-15-7-8-19-12;;/h12,15H,3-11H2,1-2H3,(H,16,18);2*1H. The van der Waals surface area contributed by atoms with E-state index in [4.69, 9.17) is 4.74 Å². The molecule has 1 amide bonds. The van der Waals surface area contributed by atoms with Crippen LogP contribution in [0.15, 0.2) is 0 Å².